The number of hydrogen-bond donors (Lipinski definition) is 1. The lowest BCUT2D eigenvalue weighted by molar-refractivity contribution is -0.248. The molecule has 0 amide bonds. The molecule has 0 aromatic heterocycles. The maximum absolute atomic E-state index is 13.4. The van der Waals surface area contributed by atoms with E-state index in [9.17, 15) is 22.7 Å². The fraction of sp³-hybridized carbons (Fsp3) is 0.200. The van der Waals surface area contributed by atoms with E-state index in [1.165, 1.54) is 19.2 Å². The second kappa shape index (κ2) is 5.37. The zero-order valence-electron chi connectivity index (χ0n) is 11.0. The van der Waals surface area contributed by atoms with E-state index < -0.39 is 28.7 Å². The predicted molar refractivity (Wildman–Crippen MR) is 68.4 cm³/mol. The fourth-order valence-corrected chi connectivity index (χ4v) is 2.06. The molecule has 21 heavy (non-hydrogen) atoms. The highest BCUT2D eigenvalue weighted by molar-refractivity contribution is 5.41. The summed E-state index contributed by atoms with van der Waals surface area (Å²) in [6.45, 7) is 0. The zero-order valence-corrected chi connectivity index (χ0v) is 11.0. The summed E-state index contributed by atoms with van der Waals surface area (Å²) in [5.41, 5.74) is -4.35. The van der Waals surface area contributed by atoms with Gasteiger partial charge >= 0.3 is 6.18 Å². The van der Waals surface area contributed by atoms with E-state index in [0.29, 0.717) is 6.07 Å². The van der Waals surface area contributed by atoms with Crippen LogP contribution < -0.4 is 4.74 Å². The van der Waals surface area contributed by atoms with Crippen molar-refractivity contribution >= 4 is 0 Å². The predicted octanol–water partition coefficient (Wildman–Crippen LogP) is 3.63. The summed E-state index contributed by atoms with van der Waals surface area (Å²) >= 11 is 0. The van der Waals surface area contributed by atoms with Crippen molar-refractivity contribution in [2.24, 2.45) is 0 Å². The molecule has 2 aromatic carbocycles. The van der Waals surface area contributed by atoms with Gasteiger partial charge in [0.25, 0.3) is 0 Å². The number of methoxy groups -OCH3 is 1. The Hall–Kier alpha value is -2.08. The minimum Gasteiger partial charge on any atom is -0.497 e. The normalized spacial score (nSPS) is 14.6. The largest absolute Gasteiger partial charge is 0.497 e. The standard InChI is InChI=1S/C15H12F4O2/c1-21-13-7-3-5-11(9-13)14(20,15(17,18)19)10-4-2-6-12(16)8-10/h2-9,20H,1H3. The van der Waals surface area contributed by atoms with Gasteiger partial charge in [-0.05, 0) is 24.3 Å². The molecule has 0 aliphatic heterocycles. The maximum Gasteiger partial charge on any atom is 0.425 e. The molecule has 112 valence electrons. The Kier molecular flexibility index (Phi) is 3.91. The number of rotatable bonds is 3. The summed E-state index contributed by atoms with van der Waals surface area (Å²) in [7, 11) is 1.30. The Bertz CT molecular complexity index is 640. The summed E-state index contributed by atoms with van der Waals surface area (Å²) in [6.07, 6.45) is -5.02. The minimum atomic E-state index is -5.02. The average molecular weight is 300 g/mol. The fourth-order valence-electron chi connectivity index (χ4n) is 2.06. The molecule has 2 rings (SSSR count). The van der Waals surface area contributed by atoms with Crippen molar-refractivity contribution in [3.05, 3.63) is 65.5 Å². The van der Waals surface area contributed by atoms with Crippen molar-refractivity contribution in [2.75, 3.05) is 7.11 Å². The minimum absolute atomic E-state index is 0.159. The number of ether oxygens (including phenoxy) is 1. The molecule has 0 aliphatic carbocycles. The quantitative estimate of drug-likeness (QED) is 0.877. The highest BCUT2D eigenvalue weighted by Gasteiger charge is 2.56. The molecule has 0 fully saturated rings. The van der Waals surface area contributed by atoms with Crippen LogP contribution in [0, 0.1) is 5.82 Å². The van der Waals surface area contributed by atoms with Gasteiger partial charge in [-0.25, -0.2) is 4.39 Å². The highest BCUT2D eigenvalue weighted by atomic mass is 19.4. The van der Waals surface area contributed by atoms with E-state index in [2.05, 4.69) is 0 Å². The molecular formula is C15H12F4O2. The second-order valence-corrected chi connectivity index (χ2v) is 4.45. The lowest BCUT2D eigenvalue weighted by Crippen LogP contribution is -2.43. The Morgan fingerprint density at radius 2 is 1.52 bits per heavy atom. The third kappa shape index (κ3) is 2.71. The van der Waals surface area contributed by atoms with Crippen LogP contribution >= 0.6 is 0 Å². The van der Waals surface area contributed by atoms with Crippen molar-refractivity contribution in [3.63, 3.8) is 0 Å². The number of hydrogen-bond acceptors (Lipinski definition) is 2. The monoisotopic (exact) mass is 300 g/mol. The third-order valence-electron chi connectivity index (χ3n) is 3.14. The van der Waals surface area contributed by atoms with Crippen molar-refractivity contribution in [3.8, 4) is 5.75 Å². The van der Waals surface area contributed by atoms with Gasteiger partial charge in [0.05, 0.1) is 7.11 Å². The van der Waals surface area contributed by atoms with Crippen LogP contribution in [0.5, 0.6) is 5.75 Å². The summed E-state index contributed by atoms with van der Waals surface area (Å²) in [5, 5.41) is 10.3. The van der Waals surface area contributed by atoms with E-state index in [1.807, 2.05) is 0 Å². The van der Waals surface area contributed by atoms with Crippen molar-refractivity contribution in [2.45, 2.75) is 11.8 Å². The molecule has 2 aromatic rings. The number of aliphatic hydroxyl groups is 1. The van der Waals surface area contributed by atoms with Gasteiger partial charge in [0.2, 0.25) is 5.60 Å². The van der Waals surface area contributed by atoms with Gasteiger partial charge < -0.3 is 9.84 Å². The van der Waals surface area contributed by atoms with Gasteiger partial charge in [0, 0.05) is 11.1 Å². The van der Waals surface area contributed by atoms with Crippen molar-refractivity contribution in [1.82, 2.24) is 0 Å². The Labute approximate surface area is 118 Å². The van der Waals surface area contributed by atoms with Crippen LogP contribution in [0.2, 0.25) is 0 Å². The SMILES string of the molecule is COc1cccc(C(O)(c2cccc(F)c2)C(F)(F)F)c1. The summed E-state index contributed by atoms with van der Waals surface area (Å²) in [4.78, 5) is 0. The Balaban J connectivity index is 2.68. The van der Waals surface area contributed by atoms with Crippen LogP contribution in [-0.4, -0.2) is 18.4 Å². The first-order chi connectivity index (χ1) is 9.79. The summed E-state index contributed by atoms with van der Waals surface area (Å²) < 4.78 is 58.4. The average Bonchev–Trinajstić information content (AvgIpc) is 2.45. The first-order valence-electron chi connectivity index (χ1n) is 5.98. The molecule has 0 saturated carbocycles. The molecule has 1 unspecified atom stereocenters. The third-order valence-corrected chi connectivity index (χ3v) is 3.14. The van der Waals surface area contributed by atoms with Crippen molar-refractivity contribution < 1.29 is 27.4 Å². The molecule has 2 nitrogen and oxygen atoms in total. The van der Waals surface area contributed by atoms with Crippen LogP contribution in [0.1, 0.15) is 11.1 Å². The van der Waals surface area contributed by atoms with E-state index in [-0.39, 0.29) is 5.75 Å². The van der Waals surface area contributed by atoms with Crippen LogP contribution in [0.3, 0.4) is 0 Å². The van der Waals surface area contributed by atoms with Gasteiger partial charge in [0.1, 0.15) is 11.6 Å². The highest BCUT2D eigenvalue weighted by Crippen LogP contribution is 2.44. The van der Waals surface area contributed by atoms with E-state index in [4.69, 9.17) is 4.74 Å². The van der Waals surface area contributed by atoms with Gasteiger partial charge in [-0.3, -0.25) is 0 Å². The zero-order chi connectivity index (χ0) is 15.7. The molecule has 0 bridgehead atoms. The molecule has 0 radical (unpaired) electrons. The molecule has 0 aliphatic rings. The number of benzene rings is 2. The molecule has 1 N–H and O–H groups in total. The van der Waals surface area contributed by atoms with E-state index >= 15 is 0 Å². The molecule has 6 heteroatoms. The first kappa shape index (κ1) is 15.3. The van der Waals surface area contributed by atoms with Crippen LogP contribution in [-0.2, 0) is 5.60 Å². The van der Waals surface area contributed by atoms with Crippen LogP contribution in [0.15, 0.2) is 48.5 Å². The molecule has 1 atom stereocenters. The molecule has 0 spiro atoms. The van der Waals surface area contributed by atoms with Gasteiger partial charge in [-0.2, -0.15) is 13.2 Å². The topological polar surface area (TPSA) is 29.5 Å². The van der Waals surface area contributed by atoms with Crippen LogP contribution in [0.25, 0.3) is 0 Å². The lowest BCUT2D eigenvalue weighted by atomic mass is 9.85. The number of halogens is 4. The number of alkyl halides is 3. The smallest absolute Gasteiger partial charge is 0.425 e. The molecular weight excluding hydrogens is 288 g/mol. The van der Waals surface area contributed by atoms with E-state index in [1.54, 1.807) is 0 Å². The summed E-state index contributed by atoms with van der Waals surface area (Å²) in [5.74, 6) is -0.704. The maximum atomic E-state index is 13.4. The Morgan fingerprint density at radius 1 is 0.952 bits per heavy atom. The Morgan fingerprint density at radius 3 is 2.05 bits per heavy atom. The lowest BCUT2D eigenvalue weighted by Gasteiger charge is -2.31. The summed E-state index contributed by atoms with van der Waals surface area (Å²) in [6, 6.07) is 8.76. The van der Waals surface area contributed by atoms with E-state index in [0.717, 1.165) is 30.3 Å². The molecule has 0 heterocycles. The van der Waals surface area contributed by atoms with Gasteiger partial charge in [-0.1, -0.05) is 24.3 Å². The molecule has 0 saturated heterocycles. The van der Waals surface area contributed by atoms with Gasteiger partial charge in [-0.15, -0.1) is 0 Å². The second-order valence-electron chi connectivity index (χ2n) is 4.45. The van der Waals surface area contributed by atoms with Crippen molar-refractivity contribution in [1.29, 1.82) is 0 Å². The van der Waals surface area contributed by atoms with Gasteiger partial charge in [0.15, 0.2) is 0 Å². The first-order valence-corrected chi connectivity index (χ1v) is 5.98. The van der Waals surface area contributed by atoms with Crippen LogP contribution in [0.4, 0.5) is 17.6 Å².